The fraction of sp³-hybridized carbons (Fsp3) is 0.263. The Labute approximate surface area is 161 Å². The molecule has 0 aliphatic carbocycles. The van der Waals surface area contributed by atoms with E-state index in [9.17, 15) is 19.7 Å². The lowest BCUT2D eigenvalue weighted by Gasteiger charge is -2.20. The van der Waals surface area contributed by atoms with Gasteiger partial charge in [0.15, 0.2) is 0 Å². The topological polar surface area (TPSA) is 92.6 Å². The Bertz CT molecular complexity index is 945. The molecular weight excluding hydrogens is 370 g/mol. The summed E-state index contributed by atoms with van der Waals surface area (Å²) < 4.78 is 0. The Morgan fingerprint density at radius 1 is 1.30 bits per heavy atom. The lowest BCUT2D eigenvalue weighted by atomic mass is 10.1. The summed E-state index contributed by atoms with van der Waals surface area (Å²) in [6.07, 6.45) is 0.0922. The van der Waals surface area contributed by atoms with Crippen molar-refractivity contribution in [3.8, 4) is 0 Å². The summed E-state index contributed by atoms with van der Waals surface area (Å²) in [5.41, 5.74) is 2.86. The van der Waals surface area contributed by atoms with Crippen molar-refractivity contribution < 1.29 is 14.5 Å². The van der Waals surface area contributed by atoms with E-state index < -0.39 is 10.8 Å². The molecule has 8 heteroatoms. The number of rotatable bonds is 4. The number of nitro groups is 1. The number of aryl methyl sites for hydroxylation is 1. The van der Waals surface area contributed by atoms with E-state index in [1.54, 1.807) is 4.90 Å². The quantitative estimate of drug-likeness (QED) is 0.636. The Hall–Kier alpha value is -2.93. The highest BCUT2D eigenvalue weighted by Gasteiger charge is 2.36. The van der Waals surface area contributed by atoms with E-state index in [1.807, 2.05) is 32.0 Å². The smallest absolute Gasteiger partial charge is 0.289 e. The largest absolute Gasteiger partial charge is 0.326 e. The van der Waals surface area contributed by atoms with Crippen molar-refractivity contribution in [3.05, 3.63) is 62.7 Å². The average molecular weight is 388 g/mol. The molecule has 1 heterocycles. The van der Waals surface area contributed by atoms with Crippen LogP contribution < -0.4 is 10.2 Å². The second kappa shape index (κ2) is 7.36. The van der Waals surface area contributed by atoms with Crippen molar-refractivity contribution in [1.82, 2.24) is 0 Å². The van der Waals surface area contributed by atoms with Crippen LogP contribution in [0.15, 0.2) is 36.4 Å². The average Bonchev–Trinajstić information content (AvgIpc) is 3.00. The van der Waals surface area contributed by atoms with Crippen LogP contribution in [0.5, 0.6) is 0 Å². The first kappa shape index (κ1) is 18.8. The molecule has 1 atom stereocenters. The maximum Gasteiger partial charge on any atom is 0.289 e. The van der Waals surface area contributed by atoms with E-state index in [0.717, 1.165) is 16.8 Å². The van der Waals surface area contributed by atoms with Crippen LogP contribution in [0.2, 0.25) is 5.02 Å². The number of nitrogens with one attached hydrogen (secondary N) is 1. The Morgan fingerprint density at radius 2 is 2.04 bits per heavy atom. The summed E-state index contributed by atoms with van der Waals surface area (Å²) in [5.74, 6) is -1.01. The van der Waals surface area contributed by atoms with Crippen molar-refractivity contribution in [2.45, 2.75) is 20.3 Å². The number of hydrogen-bond donors (Lipinski definition) is 1. The van der Waals surface area contributed by atoms with Crippen LogP contribution in [-0.4, -0.2) is 23.3 Å². The highest BCUT2D eigenvalue weighted by Crippen LogP contribution is 2.31. The lowest BCUT2D eigenvalue weighted by molar-refractivity contribution is -0.384. The highest BCUT2D eigenvalue weighted by atomic mass is 35.5. The van der Waals surface area contributed by atoms with Gasteiger partial charge in [-0.1, -0.05) is 23.7 Å². The zero-order valence-electron chi connectivity index (χ0n) is 14.9. The number of hydrogen-bond acceptors (Lipinski definition) is 4. The van der Waals surface area contributed by atoms with Crippen LogP contribution in [0.25, 0.3) is 0 Å². The fourth-order valence-electron chi connectivity index (χ4n) is 3.12. The molecule has 1 aliphatic rings. The number of halogens is 1. The van der Waals surface area contributed by atoms with Crippen LogP contribution in [0.1, 0.15) is 17.5 Å². The minimum absolute atomic E-state index is 0.00450. The summed E-state index contributed by atoms with van der Waals surface area (Å²) in [7, 11) is 0. The van der Waals surface area contributed by atoms with Gasteiger partial charge in [0.1, 0.15) is 5.02 Å². The van der Waals surface area contributed by atoms with E-state index in [2.05, 4.69) is 5.32 Å². The molecule has 1 aliphatic heterocycles. The number of anilines is 2. The van der Waals surface area contributed by atoms with Crippen LogP contribution in [0.3, 0.4) is 0 Å². The summed E-state index contributed by atoms with van der Waals surface area (Å²) in [6, 6.07) is 9.77. The number of benzene rings is 2. The molecular formula is C19H18ClN3O4. The summed E-state index contributed by atoms with van der Waals surface area (Å²) in [6.45, 7) is 4.18. The van der Waals surface area contributed by atoms with E-state index in [4.69, 9.17) is 11.6 Å². The van der Waals surface area contributed by atoms with Gasteiger partial charge in [-0.25, -0.2) is 0 Å². The molecule has 0 unspecified atom stereocenters. The maximum atomic E-state index is 12.6. The normalized spacial score (nSPS) is 16.5. The Morgan fingerprint density at radius 3 is 2.74 bits per heavy atom. The predicted molar refractivity (Wildman–Crippen MR) is 103 cm³/mol. The van der Waals surface area contributed by atoms with Gasteiger partial charge in [0.25, 0.3) is 5.69 Å². The van der Waals surface area contributed by atoms with E-state index in [0.29, 0.717) is 0 Å². The van der Waals surface area contributed by atoms with Crippen LogP contribution >= 0.6 is 11.6 Å². The standard InChI is InChI=1S/C19H18ClN3O4/c1-11-4-3-5-16(12(11)2)22-10-13(8-18(22)24)19(25)21-14-6-7-15(20)17(9-14)23(26)27/h3-7,9,13H,8,10H2,1-2H3,(H,21,25)/t13-/m0/s1. The van der Waals surface area contributed by atoms with Gasteiger partial charge in [0, 0.05) is 30.4 Å². The third-order valence-corrected chi connectivity index (χ3v) is 5.09. The van der Waals surface area contributed by atoms with Gasteiger partial charge >= 0.3 is 0 Å². The number of nitro benzene ring substituents is 1. The second-order valence-electron chi connectivity index (χ2n) is 6.54. The minimum Gasteiger partial charge on any atom is -0.326 e. The highest BCUT2D eigenvalue weighted by molar-refractivity contribution is 6.32. The third-order valence-electron chi connectivity index (χ3n) is 4.77. The van der Waals surface area contributed by atoms with Gasteiger partial charge in [-0.05, 0) is 43.2 Å². The third kappa shape index (κ3) is 3.78. The van der Waals surface area contributed by atoms with Gasteiger partial charge in [-0.3, -0.25) is 19.7 Å². The van der Waals surface area contributed by atoms with Gasteiger partial charge < -0.3 is 10.2 Å². The van der Waals surface area contributed by atoms with Gasteiger partial charge in [0.05, 0.1) is 10.8 Å². The number of amides is 2. The Kier molecular flexibility index (Phi) is 5.14. The molecule has 0 radical (unpaired) electrons. The van der Waals surface area contributed by atoms with Crippen molar-refractivity contribution in [2.24, 2.45) is 5.92 Å². The van der Waals surface area contributed by atoms with Crippen LogP contribution in [0, 0.1) is 29.9 Å². The SMILES string of the molecule is Cc1cccc(N2C[C@@H](C(=O)Nc3ccc(Cl)c([N+](=O)[O-])c3)CC2=O)c1C. The zero-order valence-corrected chi connectivity index (χ0v) is 15.6. The monoisotopic (exact) mass is 387 g/mol. The maximum absolute atomic E-state index is 12.6. The molecule has 2 aromatic rings. The summed E-state index contributed by atoms with van der Waals surface area (Å²) in [5, 5.41) is 13.6. The van der Waals surface area contributed by atoms with Crippen LogP contribution in [-0.2, 0) is 9.59 Å². The molecule has 0 spiro atoms. The van der Waals surface area contributed by atoms with E-state index in [-0.39, 0.29) is 41.2 Å². The van der Waals surface area contributed by atoms with Gasteiger partial charge in [-0.15, -0.1) is 0 Å². The summed E-state index contributed by atoms with van der Waals surface area (Å²) >= 11 is 5.78. The van der Waals surface area contributed by atoms with Crippen molar-refractivity contribution in [1.29, 1.82) is 0 Å². The first-order valence-corrected chi connectivity index (χ1v) is 8.77. The Balaban J connectivity index is 1.76. The molecule has 3 rings (SSSR count). The molecule has 7 nitrogen and oxygen atoms in total. The fourth-order valence-corrected chi connectivity index (χ4v) is 3.31. The first-order chi connectivity index (χ1) is 12.8. The molecule has 2 amide bonds. The lowest BCUT2D eigenvalue weighted by Crippen LogP contribution is -2.28. The van der Waals surface area contributed by atoms with Crippen molar-refractivity contribution >= 4 is 40.5 Å². The van der Waals surface area contributed by atoms with Crippen molar-refractivity contribution in [2.75, 3.05) is 16.8 Å². The molecule has 1 saturated heterocycles. The first-order valence-electron chi connectivity index (χ1n) is 8.39. The molecule has 27 heavy (non-hydrogen) atoms. The zero-order chi connectivity index (χ0) is 19.7. The molecule has 0 aromatic heterocycles. The van der Waals surface area contributed by atoms with Crippen molar-refractivity contribution in [3.63, 3.8) is 0 Å². The van der Waals surface area contributed by atoms with E-state index in [1.165, 1.54) is 18.2 Å². The van der Waals surface area contributed by atoms with Crippen LogP contribution in [0.4, 0.5) is 17.1 Å². The molecule has 0 bridgehead atoms. The molecule has 1 fully saturated rings. The molecule has 2 aromatic carbocycles. The summed E-state index contributed by atoms with van der Waals surface area (Å²) in [4.78, 5) is 37.0. The number of carbonyl (C=O) groups excluding carboxylic acids is 2. The molecule has 1 N–H and O–H groups in total. The molecule has 0 saturated carbocycles. The number of carbonyl (C=O) groups is 2. The predicted octanol–water partition coefficient (Wildman–Crippen LogP) is 3.86. The molecule has 140 valence electrons. The number of nitrogens with zero attached hydrogens (tertiary/aromatic N) is 2. The minimum atomic E-state index is -0.612. The second-order valence-corrected chi connectivity index (χ2v) is 6.94. The van der Waals surface area contributed by atoms with Gasteiger partial charge in [0.2, 0.25) is 11.8 Å². The van der Waals surface area contributed by atoms with E-state index >= 15 is 0 Å². The van der Waals surface area contributed by atoms with Gasteiger partial charge in [-0.2, -0.15) is 0 Å².